The Bertz CT molecular complexity index is 193. The predicted molar refractivity (Wildman–Crippen MR) is 34.5 cm³/mol. The van der Waals surface area contributed by atoms with Gasteiger partial charge < -0.3 is 10.9 Å². The minimum atomic E-state index is -1.28. The van der Waals surface area contributed by atoms with E-state index < -0.39 is 17.9 Å². The Morgan fingerprint density at radius 2 is 1.75 bits per heavy atom. The Morgan fingerprint density at radius 3 is 2.08 bits per heavy atom. The van der Waals surface area contributed by atoms with E-state index in [4.69, 9.17) is 0 Å². The summed E-state index contributed by atoms with van der Waals surface area (Å²) in [6.07, 6.45) is 0. The molecule has 0 spiro atoms. The molecule has 0 saturated heterocycles. The minimum Gasteiger partial charge on any atom is -1.00 e. The zero-order chi connectivity index (χ0) is 8.85. The molecule has 0 atom stereocenters. The first kappa shape index (κ1) is 14.2. The molecule has 0 N–H and O–H groups in total. The SMILES string of the molecule is CCOC(=O)C(=O)OC(C)=O.[H-].[Na+]. The summed E-state index contributed by atoms with van der Waals surface area (Å²) in [5, 5.41) is 0. The molecule has 0 aromatic rings. The first-order valence-electron chi connectivity index (χ1n) is 2.97. The molecule has 0 unspecified atom stereocenters. The van der Waals surface area contributed by atoms with Crippen LogP contribution in [0.4, 0.5) is 0 Å². The summed E-state index contributed by atoms with van der Waals surface area (Å²) in [6, 6.07) is 0. The fourth-order valence-electron chi connectivity index (χ4n) is 0.362. The molecular formula is C6H9NaO5. The number of hydrogen-bond donors (Lipinski definition) is 0. The van der Waals surface area contributed by atoms with E-state index in [2.05, 4.69) is 9.47 Å². The molecule has 0 saturated carbocycles. The largest absolute Gasteiger partial charge is 1.00 e. The second-order valence-electron chi connectivity index (χ2n) is 1.60. The summed E-state index contributed by atoms with van der Waals surface area (Å²) in [7, 11) is 0. The van der Waals surface area contributed by atoms with Gasteiger partial charge in [0, 0.05) is 6.92 Å². The third-order valence-electron chi connectivity index (χ3n) is 0.679. The molecule has 0 bridgehead atoms. The van der Waals surface area contributed by atoms with Crippen LogP contribution < -0.4 is 29.6 Å². The van der Waals surface area contributed by atoms with Gasteiger partial charge in [-0.1, -0.05) is 0 Å². The maximum absolute atomic E-state index is 10.4. The molecule has 12 heavy (non-hydrogen) atoms. The molecule has 64 valence electrons. The summed E-state index contributed by atoms with van der Waals surface area (Å²) in [5.74, 6) is -3.26. The van der Waals surface area contributed by atoms with Crippen molar-refractivity contribution in [1.29, 1.82) is 0 Å². The van der Waals surface area contributed by atoms with Crippen LogP contribution in [0, 0.1) is 0 Å². The van der Waals surface area contributed by atoms with Crippen LogP contribution >= 0.6 is 0 Å². The first-order chi connectivity index (χ1) is 5.07. The van der Waals surface area contributed by atoms with Crippen molar-refractivity contribution in [1.82, 2.24) is 0 Å². The van der Waals surface area contributed by atoms with Crippen LogP contribution in [0.1, 0.15) is 15.3 Å². The molecule has 0 aliphatic rings. The number of carbonyl (C=O) groups excluding carboxylic acids is 3. The maximum Gasteiger partial charge on any atom is 1.00 e. The van der Waals surface area contributed by atoms with Crippen molar-refractivity contribution in [2.45, 2.75) is 13.8 Å². The topological polar surface area (TPSA) is 69.7 Å². The number of carbonyl (C=O) groups is 3. The molecule has 0 amide bonds. The van der Waals surface area contributed by atoms with E-state index in [1.165, 1.54) is 0 Å². The minimum absolute atomic E-state index is 0. The van der Waals surface area contributed by atoms with Gasteiger partial charge in [0.15, 0.2) is 0 Å². The van der Waals surface area contributed by atoms with Gasteiger partial charge in [0.25, 0.3) is 0 Å². The summed E-state index contributed by atoms with van der Waals surface area (Å²) < 4.78 is 8.15. The Hall–Kier alpha value is -0.390. The van der Waals surface area contributed by atoms with Gasteiger partial charge in [-0.05, 0) is 6.92 Å². The number of ether oxygens (including phenoxy) is 2. The fraction of sp³-hybridized carbons (Fsp3) is 0.500. The van der Waals surface area contributed by atoms with E-state index in [0.29, 0.717) is 0 Å². The van der Waals surface area contributed by atoms with Crippen molar-refractivity contribution >= 4 is 17.9 Å². The van der Waals surface area contributed by atoms with E-state index >= 15 is 0 Å². The number of rotatable bonds is 1. The van der Waals surface area contributed by atoms with Gasteiger partial charge in [-0.25, -0.2) is 9.59 Å². The van der Waals surface area contributed by atoms with E-state index in [0.717, 1.165) is 6.92 Å². The molecule has 0 rings (SSSR count). The van der Waals surface area contributed by atoms with E-state index in [9.17, 15) is 14.4 Å². The van der Waals surface area contributed by atoms with Crippen molar-refractivity contribution < 1.29 is 54.8 Å². The number of hydrogen-bond acceptors (Lipinski definition) is 5. The van der Waals surface area contributed by atoms with Crippen LogP contribution in [0.3, 0.4) is 0 Å². The summed E-state index contributed by atoms with van der Waals surface area (Å²) in [5.41, 5.74) is 0. The van der Waals surface area contributed by atoms with Crippen molar-refractivity contribution in [2.75, 3.05) is 6.61 Å². The van der Waals surface area contributed by atoms with Crippen molar-refractivity contribution in [2.24, 2.45) is 0 Å². The zero-order valence-corrected chi connectivity index (χ0v) is 9.25. The fourth-order valence-corrected chi connectivity index (χ4v) is 0.362. The van der Waals surface area contributed by atoms with Crippen LogP contribution in [0.25, 0.3) is 0 Å². The molecular weight excluding hydrogens is 175 g/mol. The summed E-state index contributed by atoms with van der Waals surface area (Å²) >= 11 is 0. The second kappa shape index (κ2) is 7.27. The molecule has 0 aliphatic carbocycles. The molecule has 6 heteroatoms. The first-order valence-corrected chi connectivity index (χ1v) is 2.97. The van der Waals surface area contributed by atoms with Crippen LogP contribution in [-0.4, -0.2) is 24.5 Å². The normalized spacial score (nSPS) is 7.83. The van der Waals surface area contributed by atoms with E-state index in [1.807, 2.05) is 0 Å². The van der Waals surface area contributed by atoms with Gasteiger partial charge in [0.2, 0.25) is 0 Å². The Morgan fingerprint density at radius 1 is 1.25 bits per heavy atom. The predicted octanol–water partition coefficient (Wildman–Crippen LogP) is -3.24. The third kappa shape index (κ3) is 6.33. The van der Waals surface area contributed by atoms with E-state index in [1.54, 1.807) is 6.92 Å². The van der Waals surface area contributed by atoms with Gasteiger partial charge in [-0.15, -0.1) is 0 Å². The smallest absolute Gasteiger partial charge is 1.00 e. The van der Waals surface area contributed by atoms with Crippen LogP contribution in [0.15, 0.2) is 0 Å². The molecule has 5 nitrogen and oxygen atoms in total. The van der Waals surface area contributed by atoms with Gasteiger partial charge in [-0.3, -0.25) is 4.79 Å². The monoisotopic (exact) mass is 184 g/mol. The van der Waals surface area contributed by atoms with Gasteiger partial charge in [0.1, 0.15) is 0 Å². The summed E-state index contributed by atoms with van der Waals surface area (Å²) in [4.78, 5) is 31.0. The van der Waals surface area contributed by atoms with Gasteiger partial charge in [0.05, 0.1) is 6.61 Å². The molecule has 0 fully saturated rings. The van der Waals surface area contributed by atoms with Gasteiger partial charge in [-0.2, -0.15) is 0 Å². The van der Waals surface area contributed by atoms with Crippen molar-refractivity contribution in [3.63, 3.8) is 0 Å². The van der Waals surface area contributed by atoms with Gasteiger partial charge >= 0.3 is 47.5 Å². The van der Waals surface area contributed by atoms with Crippen LogP contribution in [0.2, 0.25) is 0 Å². The van der Waals surface area contributed by atoms with Crippen molar-refractivity contribution in [3.05, 3.63) is 0 Å². The summed E-state index contributed by atoms with van der Waals surface area (Å²) in [6.45, 7) is 2.64. The van der Waals surface area contributed by atoms with Crippen LogP contribution in [-0.2, 0) is 23.9 Å². The van der Waals surface area contributed by atoms with Crippen molar-refractivity contribution in [3.8, 4) is 0 Å². The standard InChI is InChI=1S/C6H8O5.Na.H/c1-3-10-5(8)6(9)11-4(2)7;;/h3H2,1-2H3;;/q;+1;-1. The molecule has 0 heterocycles. The third-order valence-corrected chi connectivity index (χ3v) is 0.679. The Balaban J connectivity index is -0.000000500. The number of esters is 3. The zero-order valence-electron chi connectivity index (χ0n) is 8.25. The molecule has 0 aromatic carbocycles. The molecule has 0 aromatic heterocycles. The Labute approximate surface area is 93.2 Å². The maximum atomic E-state index is 10.4. The molecule has 0 aliphatic heterocycles. The quantitative estimate of drug-likeness (QED) is 0.185. The average molecular weight is 184 g/mol. The Kier molecular flexibility index (Phi) is 8.57. The second-order valence-corrected chi connectivity index (χ2v) is 1.60. The molecule has 0 radical (unpaired) electrons. The van der Waals surface area contributed by atoms with Crippen LogP contribution in [0.5, 0.6) is 0 Å². The average Bonchev–Trinajstić information content (AvgIpc) is 1.86. The van der Waals surface area contributed by atoms with E-state index in [-0.39, 0.29) is 37.6 Å².